The summed E-state index contributed by atoms with van der Waals surface area (Å²) in [6.45, 7) is 8.68. The highest BCUT2D eigenvalue weighted by molar-refractivity contribution is 4.99. The summed E-state index contributed by atoms with van der Waals surface area (Å²) in [5, 5.41) is 3.54. The van der Waals surface area contributed by atoms with E-state index in [9.17, 15) is 0 Å². The maximum atomic E-state index is 4.51. The van der Waals surface area contributed by atoms with Gasteiger partial charge in [-0.1, -0.05) is 33.6 Å². The van der Waals surface area contributed by atoms with Crippen LogP contribution in [0.4, 0.5) is 0 Å². The van der Waals surface area contributed by atoms with Gasteiger partial charge in [-0.2, -0.15) is 0 Å². The smallest absolute Gasteiger partial charge is 0.125 e. The lowest BCUT2D eigenvalue weighted by Gasteiger charge is -2.18. The van der Waals surface area contributed by atoms with Crippen LogP contribution in [0.5, 0.6) is 0 Å². The van der Waals surface area contributed by atoms with Crippen molar-refractivity contribution in [3.8, 4) is 0 Å². The van der Waals surface area contributed by atoms with Gasteiger partial charge in [-0.15, -0.1) is 0 Å². The summed E-state index contributed by atoms with van der Waals surface area (Å²) in [7, 11) is 0. The molecule has 1 N–H and O–H groups in total. The first-order chi connectivity index (χ1) is 7.83. The fourth-order valence-corrected chi connectivity index (χ4v) is 2.04. The number of nitrogens with one attached hydrogen (secondary N) is 1. The van der Waals surface area contributed by atoms with E-state index in [1.807, 2.05) is 6.20 Å². The van der Waals surface area contributed by atoms with Crippen LogP contribution in [-0.2, 0) is 6.54 Å². The average molecular weight is 223 g/mol. The van der Waals surface area contributed by atoms with E-state index >= 15 is 0 Å². The third kappa shape index (κ3) is 3.63. The lowest BCUT2D eigenvalue weighted by molar-refractivity contribution is 0.449. The van der Waals surface area contributed by atoms with Crippen LogP contribution in [0, 0.1) is 0 Å². The Balaban J connectivity index is 2.70. The maximum absolute atomic E-state index is 4.51. The summed E-state index contributed by atoms with van der Waals surface area (Å²) < 4.78 is 2.28. The molecule has 0 aromatic carbocycles. The van der Waals surface area contributed by atoms with Crippen LogP contribution >= 0.6 is 0 Å². The minimum atomic E-state index is 0.423. The van der Waals surface area contributed by atoms with Crippen molar-refractivity contribution < 1.29 is 0 Å². The van der Waals surface area contributed by atoms with Crippen molar-refractivity contribution >= 4 is 0 Å². The summed E-state index contributed by atoms with van der Waals surface area (Å²) in [4.78, 5) is 4.51. The summed E-state index contributed by atoms with van der Waals surface area (Å²) in [6.07, 6.45) is 8.87. The molecule has 1 rings (SSSR count). The Morgan fingerprint density at radius 1 is 1.31 bits per heavy atom. The van der Waals surface area contributed by atoms with Crippen LogP contribution in [0.3, 0.4) is 0 Å². The molecule has 1 aromatic heterocycles. The van der Waals surface area contributed by atoms with Crippen LogP contribution < -0.4 is 5.32 Å². The first kappa shape index (κ1) is 13.2. The monoisotopic (exact) mass is 223 g/mol. The topological polar surface area (TPSA) is 29.9 Å². The number of imidazole rings is 1. The molecule has 0 fully saturated rings. The van der Waals surface area contributed by atoms with Crippen molar-refractivity contribution in [2.24, 2.45) is 0 Å². The van der Waals surface area contributed by atoms with Crippen molar-refractivity contribution in [3.05, 3.63) is 18.2 Å². The molecule has 1 unspecified atom stereocenters. The first-order valence-electron chi connectivity index (χ1n) is 6.57. The molecule has 0 radical (unpaired) electrons. The zero-order valence-corrected chi connectivity index (χ0v) is 10.9. The van der Waals surface area contributed by atoms with Gasteiger partial charge in [-0.25, -0.2) is 4.98 Å². The molecule has 0 saturated carbocycles. The van der Waals surface area contributed by atoms with Crippen LogP contribution in [0.2, 0.25) is 0 Å². The molecule has 0 saturated heterocycles. The fourth-order valence-electron chi connectivity index (χ4n) is 2.04. The third-order valence-corrected chi connectivity index (χ3v) is 2.82. The number of hydrogen-bond donors (Lipinski definition) is 1. The highest BCUT2D eigenvalue weighted by Gasteiger charge is 2.14. The highest BCUT2D eigenvalue weighted by Crippen LogP contribution is 2.18. The molecule has 0 spiro atoms. The predicted molar refractivity (Wildman–Crippen MR) is 68.5 cm³/mol. The molecule has 0 aliphatic rings. The van der Waals surface area contributed by atoms with Gasteiger partial charge >= 0.3 is 0 Å². The summed E-state index contributed by atoms with van der Waals surface area (Å²) in [5.74, 6) is 1.21. The standard InChI is InChI=1S/C13H25N3/c1-4-7-8-12(14-6-3)13-15-9-11-16(13)10-5-2/h9,11-12,14H,4-8,10H2,1-3H3. The summed E-state index contributed by atoms with van der Waals surface area (Å²) in [5.41, 5.74) is 0. The van der Waals surface area contributed by atoms with Crippen molar-refractivity contribution in [2.75, 3.05) is 6.54 Å². The van der Waals surface area contributed by atoms with Gasteiger partial charge in [0.05, 0.1) is 6.04 Å². The Bertz CT molecular complexity index is 280. The van der Waals surface area contributed by atoms with Crippen molar-refractivity contribution in [1.82, 2.24) is 14.9 Å². The van der Waals surface area contributed by atoms with Gasteiger partial charge < -0.3 is 9.88 Å². The quantitative estimate of drug-likeness (QED) is 0.734. The number of hydrogen-bond acceptors (Lipinski definition) is 2. The Kier molecular flexibility index (Phi) is 6.16. The molecule has 3 heteroatoms. The number of nitrogens with zero attached hydrogens (tertiary/aromatic N) is 2. The second kappa shape index (κ2) is 7.44. The number of rotatable bonds is 8. The summed E-state index contributed by atoms with van der Waals surface area (Å²) in [6, 6.07) is 0.423. The van der Waals surface area contributed by atoms with Crippen LogP contribution in [0.15, 0.2) is 12.4 Å². The maximum Gasteiger partial charge on any atom is 0.125 e. The molecule has 0 aliphatic carbocycles. The molecule has 3 nitrogen and oxygen atoms in total. The fraction of sp³-hybridized carbons (Fsp3) is 0.769. The van der Waals surface area contributed by atoms with E-state index in [2.05, 4.69) is 41.8 Å². The van der Waals surface area contributed by atoms with E-state index in [1.54, 1.807) is 0 Å². The Labute approximate surface area is 99.3 Å². The molecular weight excluding hydrogens is 198 g/mol. The summed E-state index contributed by atoms with van der Waals surface area (Å²) >= 11 is 0. The van der Waals surface area contributed by atoms with Crippen LogP contribution in [-0.4, -0.2) is 16.1 Å². The van der Waals surface area contributed by atoms with E-state index in [-0.39, 0.29) is 0 Å². The zero-order chi connectivity index (χ0) is 11.8. The molecule has 1 heterocycles. The molecule has 1 aromatic rings. The van der Waals surface area contributed by atoms with Gasteiger partial charge in [0.1, 0.15) is 5.82 Å². The Morgan fingerprint density at radius 2 is 2.12 bits per heavy atom. The van der Waals surface area contributed by atoms with Gasteiger partial charge in [0.25, 0.3) is 0 Å². The molecule has 0 bridgehead atoms. The Hall–Kier alpha value is -0.830. The molecule has 0 aliphatic heterocycles. The van der Waals surface area contributed by atoms with E-state index in [1.165, 1.54) is 25.1 Å². The van der Waals surface area contributed by atoms with E-state index in [4.69, 9.17) is 0 Å². The molecule has 0 amide bonds. The van der Waals surface area contributed by atoms with E-state index in [0.29, 0.717) is 6.04 Å². The van der Waals surface area contributed by atoms with Crippen molar-refractivity contribution in [3.63, 3.8) is 0 Å². The lowest BCUT2D eigenvalue weighted by atomic mass is 10.1. The number of aromatic nitrogens is 2. The normalized spacial score (nSPS) is 12.9. The van der Waals surface area contributed by atoms with Crippen molar-refractivity contribution in [1.29, 1.82) is 0 Å². The Morgan fingerprint density at radius 3 is 2.75 bits per heavy atom. The third-order valence-electron chi connectivity index (χ3n) is 2.82. The van der Waals surface area contributed by atoms with Gasteiger partial charge in [-0.05, 0) is 19.4 Å². The van der Waals surface area contributed by atoms with Crippen molar-refractivity contribution in [2.45, 2.75) is 59.0 Å². The molecule has 92 valence electrons. The number of unbranched alkanes of at least 4 members (excludes halogenated alkanes) is 1. The number of aryl methyl sites for hydroxylation is 1. The zero-order valence-electron chi connectivity index (χ0n) is 10.9. The first-order valence-corrected chi connectivity index (χ1v) is 6.57. The predicted octanol–water partition coefficient (Wildman–Crippen LogP) is 3.13. The van der Waals surface area contributed by atoms with Gasteiger partial charge in [-0.3, -0.25) is 0 Å². The minimum Gasteiger partial charge on any atom is -0.334 e. The second-order valence-corrected chi connectivity index (χ2v) is 4.23. The van der Waals surface area contributed by atoms with E-state index < -0.39 is 0 Å². The second-order valence-electron chi connectivity index (χ2n) is 4.23. The van der Waals surface area contributed by atoms with E-state index in [0.717, 1.165) is 19.5 Å². The van der Waals surface area contributed by atoms with Gasteiger partial charge in [0.15, 0.2) is 0 Å². The minimum absolute atomic E-state index is 0.423. The average Bonchev–Trinajstić information content (AvgIpc) is 2.73. The van der Waals surface area contributed by atoms with Crippen LogP contribution in [0.25, 0.3) is 0 Å². The molecular formula is C13H25N3. The largest absolute Gasteiger partial charge is 0.334 e. The van der Waals surface area contributed by atoms with Gasteiger partial charge in [0, 0.05) is 18.9 Å². The SMILES string of the molecule is CCCCC(NCC)c1nccn1CCC. The lowest BCUT2D eigenvalue weighted by Crippen LogP contribution is -2.24. The molecule has 16 heavy (non-hydrogen) atoms. The highest BCUT2D eigenvalue weighted by atomic mass is 15.1. The van der Waals surface area contributed by atoms with Gasteiger partial charge in [0.2, 0.25) is 0 Å². The van der Waals surface area contributed by atoms with Crippen LogP contribution in [0.1, 0.15) is 58.3 Å². The molecule has 1 atom stereocenters.